The second kappa shape index (κ2) is 6.33. The molecule has 2 rings (SSSR count). The molecule has 0 aliphatic carbocycles. The number of hydrogen-bond acceptors (Lipinski definition) is 4. The highest BCUT2D eigenvalue weighted by molar-refractivity contribution is 5.89. The van der Waals surface area contributed by atoms with Crippen molar-refractivity contribution in [1.29, 1.82) is 0 Å². The molecule has 0 aromatic carbocycles. The second-order valence-corrected chi connectivity index (χ2v) is 4.51. The minimum absolute atomic E-state index is 0.129. The Balaban J connectivity index is 1.74. The van der Waals surface area contributed by atoms with Crippen LogP contribution in [0, 0.1) is 0 Å². The number of rotatable bonds is 6. The summed E-state index contributed by atoms with van der Waals surface area (Å²) in [7, 11) is 0. The Morgan fingerprint density at radius 2 is 2.42 bits per heavy atom. The Morgan fingerprint density at radius 3 is 3.11 bits per heavy atom. The van der Waals surface area contributed by atoms with Crippen LogP contribution >= 0.6 is 0 Å². The summed E-state index contributed by atoms with van der Waals surface area (Å²) in [5.74, 6) is -0.728. The van der Waals surface area contributed by atoms with Gasteiger partial charge in [-0.15, -0.1) is 0 Å². The summed E-state index contributed by atoms with van der Waals surface area (Å²) in [6.07, 6.45) is 4.88. The fraction of sp³-hybridized carbons (Fsp3) is 0.583. The van der Waals surface area contributed by atoms with Crippen LogP contribution < -0.4 is 5.32 Å². The summed E-state index contributed by atoms with van der Waals surface area (Å²) < 4.78 is 6.70. The molecule has 7 nitrogen and oxygen atoms in total. The molecule has 0 saturated carbocycles. The maximum atomic E-state index is 11.7. The van der Waals surface area contributed by atoms with E-state index >= 15 is 0 Å². The molecule has 1 atom stereocenters. The van der Waals surface area contributed by atoms with Gasteiger partial charge in [0, 0.05) is 25.3 Å². The second-order valence-electron chi connectivity index (χ2n) is 4.51. The van der Waals surface area contributed by atoms with E-state index in [1.807, 2.05) is 0 Å². The summed E-state index contributed by atoms with van der Waals surface area (Å²) in [6.45, 7) is 0.567. The zero-order valence-corrected chi connectivity index (χ0v) is 10.5. The van der Waals surface area contributed by atoms with Crippen molar-refractivity contribution in [2.75, 3.05) is 11.9 Å². The number of hydrogen-bond donors (Lipinski definition) is 2. The maximum absolute atomic E-state index is 11.7. The molecule has 1 saturated heterocycles. The molecular weight excluding hydrogens is 250 g/mol. The first-order chi connectivity index (χ1) is 9.13. The van der Waals surface area contributed by atoms with E-state index in [0.717, 1.165) is 19.4 Å². The molecule has 7 heteroatoms. The van der Waals surface area contributed by atoms with Crippen LogP contribution in [0.3, 0.4) is 0 Å². The summed E-state index contributed by atoms with van der Waals surface area (Å²) >= 11 is 0. The zero-order chi connectivity index (χ0) is 13.7. The molecule has 1 aliphatic rings. The quantitative estimate of drug-likeness (QED) is 0.797. The number of carbonyl (C=O) groups excluding carboxylic acids is 1. The largest absolute Gasteiger partial charge is 0.480 e. The van der Waals surface area contributed by atoms with E-state index in [2.05, 4.69) is 10.4 Å². The van der Waals surface area contributed by atoms with E-state index in [0.29, 0.717) is 18.7 Å². The lowest BCUT2D eigenvalue weighted by Gasteiger charge is -2.08. The molecule has 0 radical (unpaired) electrons. The molecule has 0 bridgehead atoms. The van der Waals surface area contributed by atoms with Crippen LogP contribution in [0.1, 0.15) is 25.7 Å². The Morgan fingerprint density at radius 1 is 1.58 bits per heavy atom. The van der Waals surface area contributed by atoms with Crippen molar-refractivity contribution in [1.82, 2.24) is 9.78 Å². The van der Waals surface area contributed by atoms with Gasteiger partial charge in [-0.2, -0.15) is 5.10 Å². The van der Waals surface area contributed by atoms with Crippen molar-refractivity contribution in [3.05, 3.63) is 12.3 Å². The summed E-state index contributed by atoms with van der Waals surface area (Å²) in [6, 6.07) is 1.58. The Bertz CT molecular complexity index is 452. The first kappa shape index (κ1) is 13.5. The molecule has 1 aliphatic heterocycles. The minimum Gasteiger partial charge on any atom is -0.480 e. The molecule has 19 heavy (non-hydrogen) atoms. The molecule has 1 amide bonds. The molecule has 104 valence electrons. The average molecular weight is 267 g/mol. The number of anilines is 1. The number of nitrogens with one attached hydrogen (secondary N) is 1. The van der Waals surface area contributed by atoms with Crippen LogP contribution in [-0.2, 0) is 20.9 Å². The van der Waals surface area contributed by atoms with Gasteiger partial charge < -0.3 is 15.2 Å². The minimum atomic E-state index is -0.973. The molecule has 2 N–H and O–H groups in total. The van der Waals surface area contributed by atoms with Crippen LogP contribution in [0.2, 0.25) is 0 Å². The summed E-state index contributed by atoms with van der Waals surface area (Å²) in [4.78, 5) is 22.2. The average Bonchev–Trinajstić information content (AvgIpc) is 2.97. The van der Waals surface area contributed by atoms with E-state index in [4.69, 9.17) is 9.84 Å². The Hall–Kier alpha value is -1.89. The molecular formula is C12H17N3O4. The predicted molar refractivity (Wildman–Crippen MR) is 66.7 cm³/mol. The van der Waals surface area contributed by atoms with Gasteiger partial charge in [-0.05, 0) is 19.3 Å². The fourth-order valence-electron chi connectivity index (χ4n) is 2.02. The van der Waals surface area contributed by atoms with Gasteiger partial charge in [0.1, 0.15) is 6.54 Å². The van der Waals surface area contributed by atoms with Gasteiger partial charge >= 0.3 is 5.97 Å². The molecule has 1 aromatic heterocycles. The van der Waals surface area contributed by atoms with Gasteiger partial charge in [0.15, 0.2) is 5.82 Å². The number of amides is 1. The smallest absolute Gasteiger partial charge is 0.325 e. The topological polar surface area (TPSA) is 93.5 Å². The maximum Gasteiger partial charge on any atom is 0.325 e. The van der Waals surface area contributed by atoms with E-state index in [1.54, 1.807) is 6.07 Å². The highest BCUT2D eigenvalue weighted by Gasteiger charge is 2.17. The van der Waals surface area contributed by atoms with Gasteiger partial charge in [0.05, 0.1) is 6.10 Å². The molecule has 2 heterocycles. The van der Waals surface area contributed by atoms with E-state index in [1.165, 1.54) is 10.9 Å². The number of aliphatic carboxylic acids is 1. The van der Waals surface area contributed by atoms with Gasteiger partial charge in [0.2, 0.25) is 5.91 Å². The normalized spacial score (nSPS) is 18.4. The summed E-state index contributed by atoms with van der Waals surface area (Å²) in [5.41, 5.74) is 0. The molecule has 1 fully saturated rings. The van der Waals surface area contributed by atoms with Crippen molar-refractivity contribution >= 4 is 17.7 Å². The lowest BCUT2D eigenvalue weighted by atomic mass is 10.1. The highest BCUT2D eigenvalue weighted by Crippen LogP contribution is 2.17. The van der Waals surface area contributed by atoms with Crippen molar-refractivity contribution in [2.45, 2.75) is 38.3 Å². The third-order valence-electron chi connectivity index (χ3n) is 2.92. The van der Waals surface area contributed by atoms with E-state index in [-0.39, 0.29) is 18.6 Å². The third kappa shape index (κ3) is 4.36. The molecule has 1 aromatic rings. The van der Waals surface area contributed by atoms with Gasteiger partial charge in [-0.25, -0.2) is 0 Å². The summed E-state index contributed by atoms with van der Waals surface area (Å²) in [5, 5.41) is 15.2. The highest BCUT2D eigenvalue weighted by atomic mass is 16.5. The number of carboxylic acids is 1. The van der Waals surface area contributed by atoms with Crippen LogP contribution in [0.15, 0.2) is 12.3 Å². The van der Waals surface area contributed by atoms with Crippen LogP contribution in [0.4, 0.5) is 5.82 Å². The Kier molecular flexibility index (Phi) is 4.51. The van der Waals surface area contributed by atoms with Gasteiger partial charge in [-0.3, -0.25) is 14.3 Å². The monoisotopic (exact) mass is 267 g/mol. The first-order valence-electron chi connectivity index (χ1n) is 6.30. The van der Waals surface area contributed by atoms with Crippen LogP contribution in [0.25, 0.3) is 0 Å². The number of carboxylic acid groups (broad SMARTS) is 1. The predicted octanol–water partition coefficient (Wildman–Crippen LogP) is 0.865. The van der Waals surface area contributed by atoms with Crippen molar-refractivity contribution in [2.24, 2.45) is 0 Å². The van der Waals surface area contributed by atoms with Crippen LogP contribution in [-0.4, -0.2) is 39.5 Å². The first-order valence-corrected chi connectivity index (χ1v) is 6.30. The molecule has 0 spiro atoms. The van der Waals surface area contributed by atoms with Gasteiger partial charge in [0.25, 0.3) is 0 Å². The number of nitrogens with zero attached hydrogens (tertiary/aromatic N) is 2. The number of ether oxygens (including phenoxy) is 1. The standard InChI is InChI=1S/C12H17N3O4/c16-11(4-3-9-2-1-7-19-9)13-10-5-6-15(14-10)8-12(17)18/h5-6,9H,1-4,7-8H2,(H,17,18)(H,13,14,16)/t9-/m1/s1. The third-order valence-corrected chi connectivity index (χ3v) is 2.92. The lowest BCUT2D eigenvalue weighted by molar-refractivity contribution is -0.137. The van der Waals surface area contributed by atoms with Crippen LogP contribution in [0.5, 0.6) is 0 Å². The fourth-order valence-corrected chi connectivity index (χ4v) is 2.02. The van der Waals surface area contributed by atoms with Gasteiger partial charge in [-0.1, -0.05) is 0 Å². The SMILES string of the molecule is O=C(O)Cn1ccc(NC(=O)CC[C@H]2CCCO2)n1. The molecule has 0 unspecified atom stereocenters. The zero-order valence-electron chi connectivity index (χ0n) is 10.5. The van der Waals surface area contributed by atoms with E-state index in [9.17, 15) is 9.59 Å². The van der Waals surface area contributed by atoms with E-state index < -0.39 is 5.97 Å². The lowest BCUT2D eigenvalue weighted by Crippen LogP contribution is -2.16. The number of aromatic nitrogens is 2. The number of carbonyl (C=O) groups is 2. The van der Waals surface area contributed by atoms with Crippen molar-refractivity contribution < 1.29 is 19.4 Å². The van der Waals surface area contributed by atoms with Crippen molar-refractivity contribution in [3.8, 4) is 0 Å². The Labute approximate surface area is 110 Å². The van der Waals surface area contributed by atoms with Crippen molar-refractivity contribution in [3.63, 3.8) is 0 Å².